The molecule has 1 aliphatic rings. The molecule has 0 aliphatic heterocycles. The van der Waals surface area contributed by atoms with Gasteiger partial charge in [-0.3, -0.25) is 0 Å². The molecular weight excluding hydrogens is 328 g/mol. The maximum absolute atomic E-state index is 12.4. The van der Waals surface area contributed by atoms with Gasteiger partial charge < -0.3 is 10.2 Å². The van der Waals surface area contributed by atoms with Gasteiger partial charge in [0.05, 0.1) is 0 Å². The van der Waals surface area contributed by atoms with Gasteiger partial charge in [0.2, 0.25) is 0 Å². The fourth-order valence-corrected chi connectivity index (χ4v) is 3.90. The number of thioether (sulfide) groups is 1. The number of rotatable bonds is 5. The fourth-order valence-electron chi connectivity index (χ4n) is 3.49. The molecule has 1 atom stereocenters. The number of benzene rings is 2. The zero-order valence-electron chi connectivity index (χ0n) is 15.0. The van der Waals surface area contributed by atoms with Crippen molar-refractivity contribution in [2.75, 3.05) is 19.8 Å². The summed E-state index contributed by atoms with van der Waals surface area (Å²) in [5.41, 5.74) is 4.00. The molecule has 3 nitrogen and oxygen atoms in total. The molecule has 2 amide bonds. The minimum Gasteiger partial charge on any atom is -0.337 e. The maximum atomic E-state index is 12.4. The Morgan fingerprint density at radius 1 is 1.20 bits per heavy atom. The average molecular weight is 355 g/mol. The molecule has 0 bridgehead atoms. The molecule has 2 aromatic carbocycles. The first-order valence-electron chi connectivity index (χ1n) is 8.87. The number of aryl methyl sites for hydroxylation is 1. The van der Waals surface area contributed by atoms with Crippen LogP contribution >= 0.6 is 11.8 Å². The van der Waals surface area contributed by atoms with E-state index in [1.54, 1.807) is 16.7 Å². The number of carbonyl (C=O) groups is 1. The normalized spacial score (nSPS) is 16.2. The summed E-state index contributed by atoms with van der Waals surface area (Å²) < 4.78 is 0. The second kappa shape index (κ2) is 8.43. The van der Waals surface area contributed by atoms with Crippen molar-refractivity contribution in [1.82, 2.24) is 10.2 Å². The van der Waals surface area contributed by atoms with Crippen LogP contribution in [0, 0.1) is 0 Å². The van der Waals surface area contributed by atoms with Gasteiger partial charge in [-0.2, -0.15) is 0 Å². The number of nitrogens with one attached hydrogen (secondary N) is 1. The van der Waals surface area contributed by atoms with Crippen LogP contribution in [-0.2, 0) is 13.0 Å². The van der Waals surface area contributed by atoms with Crippen molar-refractivity contribution in [2.45, 2.75) is 36.6 Å². The van der Waals surface area contributed by atoms with E-state index in [0.717, 1.165) is 18.4 Å². The molecule has 25 heavy (non-hydrogen) atoms. The predicted molar refractivity (Wildman–Crippen MR) is 105 cm³/mol. The van der Waals surface area contributed by atoms with Gasteiger partial charge in [-0.15, -0.1) is 11.8 Å². The Morgan fingerprint density at radius 2 is 1.96 bits per heavy atom. The number of hydrogen-bond acceptors (Lipinski definition) is 2. The van der Waals surface area contributed by atoms with Crippen LogP contribution in [0.15, 0.2) is 53.4 Å². The third-order valence-corrected chi connectivity index (χ3v) is 5.66. The van der Waals surface area contributed by atoms with Crippen molar-refractivity contribution in [1.29, 1.82) is 0 Å². The molecule has 0 spiro atoms. The maximum Gasteiger partial charge on any atom is 0.317 e. The van der Waals surface area contributed by atoms with E-state index in [4.69, 9.17) is 0 Å². The Morgan fingerprint density at radius 3 is 2.72 bits per heavy atom. The smallest absolute Gasteiger partial charge is 0.317 e. The second-order valence-corrected chi connectivity index (χ2v) is 7.56. The number of hydrogen-bond donors (Lipinski definition) is 1. The lowest BCUT2D eigenvalue weighted by Gasteiger charge is -2.27. The molecule has 3 rings (SSSR count). The lowest BCUT2D eigenvalue weighted by Crippen LogP contribution is -2.39. The van der Waals surface area contributed by atoms with Crippen LogP contribution in [0.25, 0.3) is 0 Å². The van der Waals surface area contributed by atoms with Gasteiger partial charge in [0, 0.05) is 31.0 Å². The largest absolute Gasteiger partial charge is 0.337 e. The quantitative estimate of drug-likeness (QED) is 0.791. The van der Waals surface area contributed by atoms with Gasteiger partial charge in [-0.1, -0.05) is 36.4 Å². The molecule has 1 aliphatic carbocycles. The van der Waals surface area contributed by atoms with Crippen LogP contribution in [-0.4, -0.2) is 30.8 Å². The summed E-state index contributed by atoms with van der Waals surface area (Å²) in [7, 11) is 1.85. The molecule has 1 N–H and O–H groups in total. The Bertz CT molecular complexity index is 714. The van der Waals surface area contributed by atoms with E-state index in [-0.39, 0.29) is 6.03 Å². The van der Waals surface area contributed by atoms with Gasteiger partial charge in [0.15, 0.2) is 0 Å². The SMILES string of the molecule is CSc1ccc(CN(C)C(=O)NCC2CCCc3ccccc32)cc1. The Labute approximate surface area is 154 Å². The van der Waals surface area contributed by atoms with E-state index in [2.05, 4.69) is 60.1 Å². The summed E-state index contributed by atoms with van der Waals surface area (Å²) >= 11 is 1.73. The Kier molecular flexibility index (Phi) is 6.03. The first-order chi connectivity index (χ1) is 12.2. The summed E-state index contributed by atoms with van der Waals surface area (Å²) in [4.78, 5) is 15.4. The van der Waals surface area contributed by atoms with E-state index in [1.165, 1.54) is 22.4 Å². The van der Waals surface area contributed by atoms with Crippen LogP contribution in [0.2, 0.25) is 0 Å². The summed E-state index contributed by atoms with van der Waals surface area (Å²) in [6.07, 6.45) is 5.58. The van der Waals surface area contributed by atoms with E-state index in [0.29, 0.717) is 19.0 Å². The second-order valence-electron chi connectivity index (χ2n) is 6.68. The van der Waals surface area contributed by atoms with Crippen molar-refractivity contribution in [3.8, 4) is 0 Å². The van der Waals surface area contributed by atoms with Crippen LogP contribution < -0.4 is 5.32 Å². The standard InChI is InChI=1S/C21H26N2OS/c1-23(15-16-10-12-19(25-2)13-11-16)21(24)22-14-18-8-5-7-17-6-3-4-9-20(17)18/h3-4,6,9-13,18H,5,7-8,14-15H2,1-2H3,(H,22,24). The summed E-state index contributed by atoms with van der Waals surface area (Å²) in [5.74, 6) is 0.433. The van der Waals surface area contributed by atoms with Crippen LogP contribution in [0.1, 0.15) is 35.4 Å². The van der Waals surface area contributed by atoms with Crippen LogP contribution in [0.3, 0.4) is 0 Å². The number of amides is 2. The van der Waals surface area contributed by atoms with Gasteiger partial charge in [0.25, 0.3) is 0 Å². The van der Waals surface area contributed by atoms with E-state index in [9.17, 15) is 4.79 Å². The molecule has 0 aromatic heterocycles. The molecule has 0 heterocycles. The molecule has 4 heteroatoms. The highest BCUT2D eigenvalue weighted by atomic mass is 32.2. The number of nitrogens with zero attached hydrogens (tertiary/aromatic N) is 1. The first-order valence-corrected chi connectivity index (χ1v) is 10.1. The predicted octanol–water partition coefficient (Wildman–Crippen LogP) is 4.67. The van der Waals surface area contributed by atoms with Gasteiger partial charge in [-0.05, 0) is 54.3 Å². The van der Waals surface area contributed by atoms with Crippen LogP contribution in [0.5, 0.6) is 0 Å². The van der Waals surface area contributed by atoms with Crippen molar-refractivity contribution >= 4 is 17.8 Å². The molecule has 1 unspecified atom stereocenters. The lowest BCUT2D eigenvalue weighted by molar-refractivity contribution is 0.206. The molecule has 2 aromatic rings. The van der Waals surface area contributed by atoms with Crippen molar-refractivity contribution in [2.24, 2.45) is 0 Å². The van der Waals surface area contributed by atoms with E-state index >= 15 is 0 Å². The van der Waals surface area contributed by atoms with E-state index in [1.807, 2.05) is 7.05 Å². The Balaban J connectivity index is 1.53. The molecule has 0 saturated carbocycles. The molecular formula is C21H26N2OS. The number of urea groups is 1. The van der Waals surface area contributed by atoms with Gasteiger partial charge in [-0.25, -0.2) is 4.79 Å². The highest BCUT2D eigenvalue weighted by molar-refractivity contribution is 7.98. The third-order valence-electron chi connectivity index (χ3n) is 4.92. The van der Waals surface area contributed by atoms with Crippen LogP contribution in [0.4, 0.5) is 4.79 Å². The minimum atomic E-state index is -0.00278. The minimum absolute atomic E-state index is 0.00278. The average Bonchev–Trinajstić information content (AvgIpc) is 2.66. The van der Waals surface area contributed by atoms with Crippen molar-refractivity contribution in [3.63, 3.8) is 0 Å². The Hall–Kier alpha value is -1.94. The molecule has 132 valence electrons. The molecule has 0 radical (unpaired) electrons. The highest BCUT2D eigenvalue weighted by Crippen LogP contribution is 2.30. The van der Waals surface area contributed by atoms with Crippen molar-refractivity contribution in [3.05, 3.63) is 65.2 Å². The lowest BCUT2D eigenvalue weighted by atomic mass is 9.83. The third kappa shape index (κ3) is 4.57. The summed E-state index contributed by atoms with van der Waals surface area (Å²) in [5, 5.41) is 3.12. The first kappa shape index (κ1) is 17.9. The summed E-state index contributed by atoms with van der Waals surface area (Å²) in [6.45, 7) is 1.34. The number of fused-ring (bicyclic) bond motifs is 1. The fraction of sp³-hybridized carbons (Fsp3) is 0.381. The zero-order valence-corrected chi connectivity index (χ0v) is 15.8. The topological polar surface area (TPSA) is 32.3 Å². The summed E-state index contributed by atoms with van der Waals surface area (Å²) in [6, 6.07) is 17.0. The van der Waals surface area contributed by atoms with Gasteiger partial charge in [0.1, 0.15) is 0 Å². The van der Waals surface area contributed by atoms with E-state index < -0.39 is 0 Å². The van der Waals surface area contributed by atoms with Gasteiger partial charge >= 0.3 is 6.03 Å². The monoisotopic (exact) mass is 354 g/mol. The number of carbonyl (C=O) groups excluding carboxylic acids is 1. The van der Waals surface area contributed by atoms with Crippen molar-refractivity contribution < 1.29 is 4.79 Å². The zero-order chi connectivity index (χ0) is 17.6. The molecule has 0 fully saturated rings. The highest BCUT2D eigenvalue weighted by Gasteiger charge is 2.20. The molecule has 0 saturated heterocycles.